The van der Waals surface area contributed by atoms with Crippen LogP contribution in [0.15, 0.2) is 42.5 Å². The Hall–Kier alpha value is -2.07. The van der Waals surface area contributed by atoms with Crippen molar-refractivity contribution in [1.82, 2.24) is 20.0 Å². The summed E-state index contributed by atoms with van der Waals surface area (Å²) >= 11 is 0. The van der Waals surface area contributed by atoms with Gasteiger partial charge in [0.1, 0.15) is 5.75 Å². The summed E-state index contributed by atoms with van der Waals surface area (Å²) in [6.07, 6.45) is 6.28. The number of ether oxygens (including phenoxy) is 2. The Morgan fingerprint density at radius 3 is 2.36 bits per heavy atom. The molecule has 0 aliphatic carbocycles. The molecule has 6 rings (SSSR count). The summed E-state index contributed by atoms with van der Waals surface area (Å²) in [5.74, 6) is 1.64. The van der Waals surface area contributed by atoms with E-state index in [1.165, 1.54) is 50.1 Å². The van der Waals surface area contributed by atoms with Crippen molar-refractivity contribution >= 4 is 59.5 Å². The van der Waals surface area contributed by atoms with Gasteiger partial charge in [0.05, 0.1) is 19.4 Å². The number of hydrogen-bond acceptors (Lipinski definition) is 8. The van der Waals surface area contributed by atoms with Gasteiger partial charge in [0.15, 0.2) is 5.82 Å². The molecule has 11 heteroatoms. The molecule has 0 bridgehead atoms. The lowest BCUT2D eigenvalue weighted by atomic mass is 9.99. The van der Waals surface area contributed by atoms with Crippen LogP contribution in [-0.4, -0.2) is 85.6 Å². The van der Waals surface area contributed by atoms with Gasteiger partial charge in [-0.2, -0.15) is 5.10 Å². The molecule has 3 aliphatic rings. The fraction of sp³-hybridized carbons (Fsp3) is 0.548. The summed E-state index contributed by atoms with van der Waals surface area (Å²) in [6, 6.07) is 16.5. The molecule has 4 heterocycles. The first kappa shape index (κ1) is 34.4. The number of rotatable bonds is 8. The molecule has 1 aromatic heterocycles. The SMILES string of the molecule is COCc1nnc(NC2CCN(Cc3ccc(N4CCN5CCCCC5C4)cc3)CC2)c2cc(OC)ccc12.Cl.Cl.Cl. The number of aromatic nitrogens is 2. The molecule has 0 amide bonds. The second kappa shape index (κ2) is 16.1. The number of piperazine rings is 1. The van der Waals surface area contributed by atoms with E-state index < -0.39 is 0 Å². The van der Waals surface area contributed by atoms with Gasteiger partial charge in [-0.1, -0.05) is 18.6 Å². The van der Waals surface area contributed by atoms with E-state index in [4.69, 9.17) is 9.47 Å². The number of likely N-dealkylation sites (tertiary alicyclic amines) is 1. The second-order valence-corrected chi connectivity index (χ2v) is 11.3. The lowest BCUT2D eigenvalue weighted by molar-refractivity contribution is 0.133. The van der Waals surface area contributed by atoms with Crippen molar-refractivity contribution in [2.24, 2.45) is 0 Å². The number of anilines is 2. The summed E-state index contributed by atoms with van der Waals surface area (Å²) in [4.78, 5) is 7.87. The van der Waals surface area contributed by atoms with E-state index in [0.717, 1.165) is 73.1 Å². The molecule has 3 fully saturated rings. The van der Waals surface area contributed by atoms with E-state index in [9.17, 15) is 0 Å². The largest absolute Gasteiger partial charge is 0.497 e. The summed E-state index contributed by atoms with van der Waals surface area (Å²) in [7, 11) is 3.38. The topological polar surface area (TPSA) is 66.0 Å². The van der Waals surface area contributed by atoms with Gasteiger partial charge >= 0.3 is 0 Å². The van der Waals surface area contributed by atoms with Crippen LogP contribution < -0.4 is 15.0 Å². The number of halogens is 3. The molecule has 2 aromatic carbocycles. The Labute approximate surface area is 268 Å². The van der Waals surface area contributed by atoms with Gasteiger partial charge in [-0.25, -0.2) is 0 Å². The Kier molecular flexibility index (Phi) is 13.2. The zero-order valence-electron chi connectivity index (χ0n) is 24.7. The van der Waals surface area contributed by atoms with Gasteiger partial charge in [-0.3, -0.25) is 9.80 Å². The minimum absolute atomic E-state index is 0. The second-order valence-electron chi connectivity index (χ2n) is 11.3. The monoisotopic (exact) mass is 638 g/mol. The number of piperidine rings is 2. The number of methoxy groups -OCH3 is 2. The molecule has 8 nitrogen and oxygen atoms in total. The zero-order chi connectivity index (χ0) is 26.6. The molecule has 1 N–H and O–H groups in total. The number of nitrogens with one attached hydrogen (secondary N) is 1. The number of fused-ring (bicyclic) bond motifs is 2. The predicted octanol–water partition coefficient (Wildman–Crippen LogP) is 5.80. The van der Waals surface area contributed by atoms with Crippen LogP contribution in [-0.2, 0) is 17.9 Å². The summed E-state index contributed by atoms with van der Waals surface area (Å²) < 4.78 is 10.8. The Bertz CT molecular complexity index is 1260. The fourth-order valence-corrected chi connectivity index (χ4v) is 6.56. The van der Waals surface area contributed by atoms with E-state index in [1.54, 1.807) is 14.2 Å². The number of benzene rings is 2. The van der Waals surface area contributed by atoms with E-state index in [2.05, 4.69) is 54.5 Å². The normalized spacial score (nSPS) is 19.7. The number of hydrogen-bond donors (Lipinski definition) is 1. The van der Waals surface area contributed by atoms with Crippen molar-refractivity contribution in [2.45, 2.75) is 57.3 Å². The van der Waals surface area contributed by atoms with Crippen LogP contribution in [0.1, 0.15) is 43.4 Å². The third kappa shape index (κ3) is 7.90. The van der Waals surface area contributed by atoms with Crippen LogP contribution >= 0.6 is 37.2 Å². The highest BCUT2D eigenvalue weighted by molar-refractivity contribution is 5.94. The highest BCUT2D eigenvalue weighted by Crippen LogP contribution is 2.30. The van der Waals surface area contributed by atoms with E-state index in [-0.39, 0.29) is 37.2 Å². The number of nitrogens with zero attached hydrogens (tertiary/aromatic N) is 5. The lowest BCUT2D eigenvalue weighted by Crippen LogP contribution is -2.54. The van der Waals surface area contributed by atoms with Crippen LogP contribution in [0.25, 0.3) is 10.8 Å². The molecule has 0 spiro atoms. The van der Waals surface area contributed by atoms with Crippen molar-refractivity contribution in [3.8, 4) is 5.75 Å². The first-order valence-corrected chi connectivity index (χ1v) is 14.6. The average Bonchev–Trinajstić information content (AvgIpc) is 2.99. The van der Waals surface area contributed by atoms with Crippen LogP contribution in [0.2, 0.25) is 0 Å². The molecule has 1 atom stereocenters. The molecule has 0 saturated carbocycles. The highest BCUT2D eigenvalue weighted by Gasteiger charge is 2.29. The maximum Gasteiger partial charge on any atom is 0.156 e. The Morgan fingerprint density at radius 2 is 1.62 bits per heavy atom. The van der Waals surface area contributed by atoms with Crippen molar-refractivity contribution in [3.63, 3.8) is 0 Å². The standard InChI is InChI=1S/C31H42N6O2.3ClH/c1-38-22-30-28-11-10-27(39-2)19-29(28)31(34-33-30)32-24-12-15-35(16-13-24)20-23-6-8-25(9-7-23)37-18-17-36-14-4-3-5-26(36)21-37;;;/h6-11,19,24,26H,3-5,12-18,20-22H2,1-2H3,(H,32,34);3*1H. The first-order chi connectivity index (χ1) is 19.2. The third-order valence-corrected chi connectivity index (χ3v) is 8.82. The molecule has 232 valence electrons. The smallest absolute Gasteiger partial charge is 0.156 e. The molecule has 3 saturated heterocycles. The Balaban J connectivity index is 0.00000161. The van der Waals surface area contributed by atoms with Gasteiger partial charge < -0.3 is 19.7 Å². The molecule has 1 unspecified atom stereocenters. The van der Waals surface area contributed by atoms with Gasteiger partial charge in [0.25, 0.3) is 0 Å². The van der Waals surface area contributed by atoms with Gasteiger partial charge in [-0.05, 0) is 68.1 Å². The van der Waals surface area contributed by atoms with Crippen molar-refractivity contribution in [2.75, 3.05) is 63.7 Å². The zero-order valence-corrected chi connectivity index (χ0v) is 27.1. The van der Waals surface area contributed by atoms with E-state index in [0.29, 0.717) is 12.6 Å². The van der Waals surface area contributed by atoms with Crippen LogP contribution in [0.5, 0.6) is 5.75 Å². The van der Waals surface area contributed by atoms with E-state index >= 15 is 0 Å². The first-order valence-electron chi connectivity index (χ1n) is 14.6. The van der Waals surface area contributed by atoms with Crippen LogP contribution in [0.3, 0.4) is 0 Å². The van der Waals surface area contributed by atoms with Crippen LogP contribution in [0, 0.1) is 0 Å². The van der Waals surface area contributed by atoms with Crippen molar-refractivity contribution in [3.05, 3.63) is 53.7 Å². The molecule has 3 aromatic rings. The highest BCUT2D eigenvalue weighted by atomic mass is 35.5. The van der Waals surface area contributed by atoms with Gasteiger partial charge in [0, 0.05) is 74.9 Å². The predicted molar refractivity (Wildman–Crippen MR) is 178 cm³/mol. The fourth-order valence-electron chi connectivity index (χ4n) is 6.56. The van der Waals surface area contributed by atoms with Crippen molar-refractivity contribution < 1.29 is 9.47 Å². The van der Waals surface area contributed by atoms with Gasteiger partial charge in [-0.15, -0.1) is 42.3 Å². The molecule has 3 aliphatic heterocycles. The minimum atomic E-state index is 0. The average molecular weight is 640 g/mol. The molecular formula is C31H45Cl3N6O2. The summed E-state index contributed by atoms with van der Waals surface area (Å²) in [5, 5.41) is 14.8. The van der Waals surface area contributed by atoms with Gasteiger partial charge in [0.2, 0.25) is 0 Å². The Morgan fingerprint density at radius 1 is 0.833 bits per heavy atom. The third-order valence-electron chi connectivity index (χ3n) is 8.82. The van der Waals surface area contributed by atoms with Crippen molar-refractivity contribution in [1.29, 1.82) is 0 Å². The minimum Gasteiger partial charge on any atom is -0.497 e. The lowest BCUT2D eigenvalue weighted by Gasteiger charge is -2.45. The van der Waals surface area contributed by atoms with Crippen LogP contribution in [0.4, 0.5) is 11.5 Å². The summed E-state index contributed by atoms with van der Waals surface area (Å²) in [6.45, 7) is 8.42. The maximum atomic E-state index is 5.48. The molecular weight excluding hydrogens is 595 g/mol. The quantitative estimate of drug-likeness (QED) is 0.332. The molecule has 0 radical (unpaired) electrons. The molecule has 42 heavy (non-hydrogen) atoms. The summed E-state index contributed by atoms with van der Waals surface area (Å²) in [5.41, 5.74) is 3.63. The maximum absolute atomic E-state index is 5.48. The van der Waals surface area contributed by atoms with E-state index in [1.807, 2.05) is 18.2 Å².